The van der Waals surface area contributed by atoms with Gasteiger partial charge in [0.05, 0.1) is 19.0 Å². The Morgan fingerprint density at radius 2 is 2.07 bits per heavy atom. The van der Waals surface area contributed by atoms with Crippen molar-refractivity contribution in [3.63, 3.8) is 0 Å². The van der Waals surface area contributed by atoms with Gasteiger partial charge in [0.15, 0.2) is 6.29 Å². The summed E-state index contributed by atoms with van der Waals surface area (Å²) in [5.74, 6) is -0.346. The topological polar surface area (TPSA) is 84.4 Å². The number of nitrogens with zero attached hydrogens (tertiary/aromatic N) is 3. The molecule has 0 bridgehead atoms. The Balaban J connectivity index is 1.91. The number of rotatable bonds is 4. The highest BCUT2D eigenvalue weighted by atomic mass is 19.1. The number of ether oxygens (including phenoxy) is 1. The van der Waals surface area contributed by atoms with Crippen molar-refractivity contribution in [3.05, 3.63) is 41.5 Å². The van der Waals surface area contributed by atoms with Gasteiger partial charge in [0, 0.05) is 24.7 Å². The first-order valence-electron chi connectivity index (χ1n) is 8.69. The van der Waals surface area contributed by atoms with Crippen LogP contribution in [0.4, 0.5) is 14.9 Å². The van der Waals surface area contributed by atoms with Crippen LogP contribution in [-0.4, -0.2) is 48.8 Å². The molecule has 0 unspecified atom stereocenters. The molecular formula is C19H21FN4O3. The Hall–Kier alpha value is -3.03. The molecule has 27 heavy (non-hydrogen) atoms. The maximum atomic E-state index is 13.9. The number of alkyl carbamates (subject to hydrolysis) is 1. The number of anilines is 1. The van der Waals surface area contributed by atoms with Crippen LogP contribution in [0.5, 0.6) is 0 Å². The number of aromatic nitrogens is 2. The van der Waals surface area contributed by atoms with E-state index < -0.39 is 6.09 Å². The van der Waals surface area contributed by atoms with Crippen molar-refractivity contribution in [1.82, 2.24) is 15.5 Å². The first-order chi connectivity index (χ1) is 13.0. The normalized spacial score (nSPS) is 14.7. The van der Waals surface area contributed by atoms with Crippen molar-refractivity contribution in [3.8, 4) is 11.1 Å². The van der Waals surface area contributed by atoms with Crippen LogP contribution in [0.3, 0.4) is 0 Å². The fourth-order valence-electron chi connectivity index (χ4n) is 3.38. The summed E-state index contributed by atoms with van der Waals surface area (Å²) in [5.41, 5.74) is 2.95. The third-order valence-electron chi connectivity index (χ3n) is 4.63. The number of aldehydes is 1. The lowest BCUT2D eigenvalue weighted by Gasteiger charge is -2.35. The van der Waals surface area contributed by atoms with Crippen molar-refractivity contribution < 1.29 is 18.7 Å². The van der Waals surface area contributed by atoms with Crippen LogP contribution in [-0.2, 0) is 4.74 Å². The lowest BCUT2D eigenvalue weighted by molar-refractivity contribution is 0.111. The van der Waals surface area contributed by atoms with Gasteiger partial charge in [-0.1, -0.05) is 6.07 Å². The van der Waals surface area contributed by atoms with E-state index in [1.54, 1.807) is 6.20 Å². The molecule has 0 atom stereocenters. The lowest BCUT2D eigenvalue weighted by Crippen LogP contribution is -2.45. The molecule has 1 saturated heterocycles. The van der Waals surface area contributed by atoms with Gasteiger partial charge in [-0.25, -0.2) is 9.18 Å². The summed E-state index contributed by atoms with van der Waals surface area (Å²) in [6.07, 6.45) is 3.14. The molecule has 7 nitrogen and oxygen atoms in total. The summed E-state index contributed by atoms with van der Waals surface area (Å²) >= 11 is 0. The summed E-state index contributed by atoms with van der Waals surface area (Å²) in [7, 11) is 1.33. The number of piperidine rings is 1. The van der Waals surface area contributed by atoms with E-state index in [0.717, 1.165) is 5.56 Å². The second-order valence-corrected chi connectivity index (χ2v) is 6.52. The molecule has 1 aromatic heterocycles. The van der Waals surface area contributed by atoms with E-state index in [2.05, 4.69) is 20.3 Å². The maximum Gasteiger partial charge on any atom is 0.407 e. The third kappa shape index (κ3) is 4.21. The van der Waals surface area contributed by atoms with Crippen LogP contribution in [0.2, 0.25) is 0 Å². The average molecular weight is 372 g/mol. The number of hydrogen-bond donors (Lipinski definition) is 1. The Kier molecular flexibility index (Phi) is 5.63. The molecule has 1 amide bonds. The second kappa shape index (κ2) is 8.11. The summed E-state index contributed by atoms with van der Waals surface area (Å²) in [6, 6.07) is 4.72. The number of nitrogens with one attached hydrogen (secondary N) is 1. The fourth-order valence-corrected chi connectivity index (χ4v) is 3.38. The van der Waals surface area contributed by atoms with Gasteiger partial charge in [0.25, 0.3) is 0 Å². The highest BCUT2D eigenvalue weighted by molar-refractivity contribution is 5.90. The molecule has 3 rings (SSSR count). The van der Waals surface area contributed by atoms with Crippen molar-refractivity contribution in [2.45, 2.75) is 25.8 Å². The molecular weight excluding hydrogens is 351 g/mol. The van der Waals surface area contributed by atoms with Gasteiger partial charge in [0.1, 0.15) is 11.5 Å². The van der Waals surface area contributed by atoms with E-state index in [1.807, 2.05) is 17.9 Å². The lowest BCUT2D eigenvalue weighted by atomic mass is 9.99. The number of methoxy groups -OCH3 is 1. The van der Waals surface area contributed by atoms with Gasteiger partial charge >= 0.3 is 6.09 Å². The van der Waals surface area contributed by atoms with Crippen molar-refractivity contribution in [2.24, 2.45) is 0 Å². The Morgan fingerprint density at radius 1 is 1.33 bits per heavy atom. The first kappa shape index (κ1) is 18.8. The molecule has 8 heteroatoms. The molecule has 1 fully saturated rings. The molecule has 2 heterocycles. The van der Waals surface area contributed by atoms with Crippen LogP contribution in [0.25, 0.3) is 11.1 Å². The van der Waals surface area contributed by atoms with E-state index in [4.69, 9.17) is 0 Å². The number of halogens is 1. The SMILES string of the molecule is COC(=O)NC1CCN(c2c(-c3cc(C)cc(F)c3)cnnc2C=O)CC1. The first-order valence-corrected chi connectivity index (χ1v) is 8.69. The third-order valence-corrected chi connectivity index (χ3v) is 4.63. The largest absolute Gasteiger partial charge is 0.453 e. The summed E-state index contributed by atoms with van der Waals surface area (Å²) < 4.78 is 18.5. The van der Waals surface area contributed by atoms with Crippen molar-refractivity contribution >= 4 is 18.1 Å². The molecule has 0 saturated carbocycles. The van der Waals surface area contributed by atoms with E-state index in [9.17, 15) is 14.0 Å². The smallest absolute Gasteiger partial charge is 0.407 e. The van der Waals surface area contributed by atoms with Crippen LogP contribution in [0.1, 0.15) is 28.9 Å². The molecule has 0 aliphatic carbocycles. The van der Waals surface area contributed by atoms with Gasteiger partial charge in [-0.05, 0) is 43.0 Å². The molecule has 0 spiro atoms. The highest BCUT2D eigenvalue weighted by Crippen LogP contribution is 2.34. The number of carbonyl (C=O) groups excluding carboxylic acids is 2. The minimum absolute atomic E-state index is 0.00282. The van der Waals surface area contributed by atoms with Crippen molar-refractivity contribution in [2.75, 3.05) is 25.1 Å². The average Bonchev–Trinajstić information content (AvgIpc) is 2.67. The van der Waals surface area contributed by atoms with E-state index in [1.165, 1.54) is 19.2 Å². The number of carbonyl (C=O) groups is 2. The molecule has 1 N–H and O–H groups in total. The number of hydrogen-bond acceptors (Lipinski definition) is 6. The highest BCUT2D eigenvalue weighted by Gasteiger charge is 2.25. The van der Waals surface area contributed by atoms with Crippen LogP contribution in [0, 0.1) is 12.7 Å². The predicted molar refractivity (Wildman–Crippen MR) is 98.3 cm³/mol. The molecule has 1 aliphatic rings. The molecule has 142 valence electrons. The standard InChI is InChI=1S/C19H21FN4O3/c1-12-7-13(9-14(20)8-12)16-10-21-23-17(11-25)18(16)24-5-3-15(4-6-24)22-19(26)27-2/h7-11,15H,3-6H2,1-2H3,(H,22,26). The van der Waals surface area contributed by atoms with Gasteiger partial charge in [-0.15, -0.1) is 5.10 Å². The molecule has 1 aromatic carbocycles. The van der Waals surface area contributed by atoms with Gasteiger partial charge in [0.2, 0.25) is 0 Å². The van der Waals surface area contributed by atoms with Crippen LogP contribution in [0.15, 0.2) is 24.4 Å². The molecule has 2 aromatic rings. The van der Waals surface area contributed by atoms with Crippen molar-refractivity contribution in [1.29, 1.82) is 0 Å². The predicted octanol–water partition coefficient (Wildman–Crippen LogP) is 2.73. The Bertz CT molecular complexity index is 831. The van der Waals surface area contributed by atoms with E-state index >= 15 is 0 Å². The maximum absolute atomic E-state index is 13.9. The molecule has 1 aliphatic heterocycles. The summed E-state index contributed by atoms with van der Waals surface area (Å²) in [5, 5.41) is 10.6. The summed E-state index contributed by atoms with van der Waals surface area (Å²) in [6.45, 7) is 3.04. The second-order valence-electron chi connectivity index (χ2n) is 6.52. The van der Waals surface area contributed by atoms with Gasteiger partial charge in [-0.3, -0.25) is 4.79 Å². The monoisotopic (exact) mass is 372 g/mol. The number of amides is 1. The Morgan fingerprint density at radius 3 is 2.70 bits per heavy atom. The Labute approximate surface area is 156 Å². The number of benzene rings is 1. The van der Waals surface area contributed by atoms with Gasteiger partial charge in [-0.2, -0.15) is 5.10 Å². The number of aryl methyl sites for hydroxylation is 1. The quantitative estimate of drug-likeness (QED) is 0.831. The van der Waals surface area contributed by atoms with E-state index in [-0.39, 0.29) is 17.6 Å². The van der Waals surface area contributed by atoms with Crippen LogP contribution < -0.4 is 10.2 Å². The zero-order valence-electron chi connectivity index (χ0n) is 15.2. The van der Waals surface area contributed by atoms with E-state index in [0.29, 0.717) is 49.0 Å². The molecule has 0 radical (unpaired) electrons. The van der Waals surface area contributed by atoms with Gasteiger partial charge < -0.3 is 15.0 Å². The van der Waals surface area contributed by atoms with Crippen LogP contribution >= 0.6 is 0 Å². The fraction of sp³-hybridized carbons (Fsp3) is 0.368. The summed E-state index contributed by atoms with van der Waals surface area (Å²) in [4.78, 5) is 25.0. The zero-order valence-corrected chi connectivity index (χ0v) is 15.2. The minimum atomic E-state index is -0.455. The zero-order chi connectivity index (χ0) is 19.4. The minimum Gasteiger partial charge on any atom is -0.453 e.